The number of rotatable bonds is 4. The van der Waals surface area contributed by atoms with E-state index in [4.69, 9.17) is 10.6 Å². The van der Waals surface area contributed by atoms with Crippen LogP contribution in [-0.2, 0) is 24.1 Å². The minimum absolute atomic E-state index is 0.0671. The summed E-state index contributed by atoms with van der Waals surface area (Å²) in [5.41, 5.74) is 6.67. The maximum absolute atomic E-state index is 12.6. The molecule has 1 aromatic rings. The van der Waals surface area contributed by atoms with E-state index in [1.54, 1.807) is 0 Å². The molecule has 7 nitrogen and oxygen atoms in total. The summed E-state index contributed by atoms with van der Waals surface area (Å²) in [6.45, 7) is 0.0301. The summed E-state index contributed by atoms with van der Waals surface area (Å²) < 4.78 is 38.4. The van der Waals surface area contributed by atoms with Crippen molar-refractivity contribution in [2.24, 2.45) is 5.11 Å². The maximum atomic E-state index is 12.6. The van der Waals surface area contributed by atoms with Crippen LogP contribution in [0.5, 0.6) is 0 Å². The van der Waals surface area contributed by atoms with E-state index in [1.807, 2.05) is 0 Å². The van der Waals surface area contributed by atoms with Crippen molar-refractivity contribution in [1.82, 2.24) is 9.78 Å². The van der Waals surface area contributed by atoms with Gasteiger partial charge in [0.1, 0.15) is 6.54 Å². The summed E-state index contributed by atoms with van der Waals surface area (Å²) in [6, 6.07) is 0. The third-order valence-electron chi connectivity index (χ3n) is 2.16. The van der Waals surface area contributed by atoms with Crippen LogP contribution in [0.25, 0.3) is 10.4 Å². The maximum Gasteiger partial charge on any atom is 0.435 e. The first-order valence-corrected chi connectivity index (χ1v) is 4.63. The molecule has 0 fully saturated rings. The molecule has 0 aliphatic rings. The van der Waals surface area contributed by atoms with Crippen LogP contribution in [0.2, 0.25) is 0 Å². The summed E-state index contributed by atoms with van der Waals surface area (Å²) >= 11 is 0. The van der Waals surface area contributed by atoms with E-state index >= 15 is 0 Å². The Kier molecular flexibility index (Phi) is 3.82. The second kappa shape index (κ2) is 4.96. The van der Waals surface area contributed by atoms with E-state index in [2.05, 4.69) is 15.1 Å². The smallest absolute Gasteiger partial charge is 0.435 e. The summed E-state index contributed by atoms with van der Waals surface area (Å²) in [6.07, 6.45) is -4.68. The predicted octanol–water partition coefficient (Wildman–Crippen LogP) is 2.11. The molecule has 0 aromatic carbocycles. The van der Waals surface area contributed by atoms with Gasteiger partial charge >= 0.3 is 12.1 Å². The molecule has 1 N–H and O–H groups in total. The number of aromatic nitrogens is 2. The molecule has 0 saturated heterocycles. The molecule has 0 unspecified atom stereocenters. The lowest BCUT2D eigenvalue weighted by Crippen LogP contribution is -2.14. The highest BCUT2D eigenvalue weighted by Gasteiger charge is 2.37. The molecule has 98 valence electrons. The minimum atomic E-state index is -4.68. The fraction of sp³-hybridized carbons (Fsp3) is 0.500. The third-order valence-corrected chi connectivity index (χ3v) is 2.16. The average molecular weight is 263 g/mol. The lowest BCUT2D eigenvalue weighted by atomic mass is 10.2. The van der Waals surface area contributed by atoms with Crippen molar-refractivity contribution in [2.45, 2.75) is 26.2 Å². The summed E-state index contributed by atoms with van der Waals surface area (Å²) in [5, 5.41) is 14.9. The Morgan fingerprint density at radius 1 is 1.61 bits per heavy atom. The van der Waals surface area contributed by atoms with Gasteiger partial charge in [-0.2, -0.15) is 18.3 Å². The highest BCUT2D eigenvalue weighted by molar-refractivity contribution is 5.66. The lowest BCUT2D eigenvalue weighted by Gasteiger charge is -2.02. The molecule has 1 aromatic heterocycles. The highest BCUT2D eigenvalue weighted by Crippen LogP contribution is 2.32. The zero-order chi connectivity index (χ0) is 13.9. The third kappa shape index (κ3) is 2.92. The number of halogens is 3. The van der Waals surface area contributed by atoms with E-state index in [0.29, 0.717) is 4.68 Å². The van der Waals surface area contributed by atoms with Gasteiger partial charge in [0.25, 0.3) is 0 Å². The Morgan fingerprint density at radius 2 is 2.22 bits per heavy atom. The van der Waals surface area contributed by atoms with E-state index in [0.717, 1.165) is 6.92 Å². The van der Waals surface area contributed by atoms with Crippen LogP contribution in [0, 0.1) is 6.92 Å². The molecule has 0 atom stereocenters. The molecular weight excluding hydrogens is 255 g/mol. The van der Waals surface area contributed by atoms with E-state index in [9.17, 15) is 18.0 Å². The molecule has 1 rings (SSSR count). The Hall–Kier alpha value is -2.22. The Bertz CT molecular complexity index is 516. The largest absolute Gasteiger partial charge is 0.480 e. The molecule has 10 heteroatoms. The Morgan fingerprint density at radius 3 is 2.67 bits per heavy atom. The van der Waals surface area contributed by atoms with Gasteiger partial charge in [0.05, 0.1) is 6.54 Å². The number of nitrogens with zero attached hydrogens (tertiary/aromatic N) is 5. The molecule has 1 heterocycles. The first kappa shape index (κ1) is 13.8. The molecule has 0 spiro atoms. The number of carboxylic acid groups (broad SMARTS) is 1. The molecule has 0 radical (unpaired) electrons. The SMILES string of the molecule is Cc1c(C(F)(F)F)nn(CC(=O)O)c1CN=[N+]=[N-]. The summed E-state index contributed by atoms with van der Waals surface area (Å²) in [5.74, 6) is -1.34. The van der Waals surface area contributed by atoms with Gasteiger partial charge in [0.15, 0.2) is 5.69 Å². The molecule has 0 saturated carbocycles. The van der Waals surface area contributed by atoms with Crippen molar-refractivity contribution in [1.29, 1.82) is 0 Å². The van der Waals surface area contributed by atoms with Crippen LogP contribution >= 0.6 is 0 Å². The van der Waals surface area contributed by atoms with Gasteiger partial charge in [-0.15, -0.1) is 0 Å². The Labute approximate surface area is 98.4 Å². The van der Waals surface area contributed by atoms with Gasteiger partial charge in [-0.05, 0) is 12.5 Å². The number of alkyl halides is 3. The van der Waals surface area contributed by atoms with E-state index in [-0.39, 0.29) is 11.3 Å². The first-order valence-electron chi connectivity index (χ1n) is 4.63. The second-order valence-corrected chi connectivity index (χ2v) is 3.36. The second-order valence-electron chi connectivity index (χ2n) is 3.36. The van der Waals surface area contributed by atoms with Crippen LogP contribution in [0.3, 0.4) is 0 Å². The average Bonchev–Trinajstić information content (AvgIpc) is 2.52. The van der Waals surface area contributed by atoms with Gasteiger partial charge in [0.2, 0.25) is 0 Å². The zero-order valence-electron chi connectivity index (χ0n) is 9.14. The van der Waals surface area contributed by atoms with Gasteiger partial charge in [0, 0.05) is 16.2 Å². The standard InChI is InChI=1S/C8H8F3N5O2/c1-4-5(2-13-15-12)16(3-6(17)18)14-7(4)8(9,10)11/h2-3H2,1H3,(H,17,18). The number of aliphatic carboxylic acids is 1. The highest BCUT2D eigenvalue weighted by atomic mass is 19.4. The van der Waals surface area contributed by atoms with Crippen LogP contribution in [0.4, 0.5) is 13.2 Å². The van der Waals surface area contributed by atoms with Gasteiger partial charge in [-0.1, -0.05) is 5.11 Å². The summed E-state index contributed by atoms with van der Waals surface area (Å²) in [7, 11) is 0. The van der Waals surface area contributed by atoms with Crippen LogP contribution in [0.1, 0.15) is 17.0 Å². The van der Waals surface area contributed by atoms with Gasteiger partial charge < -0.3 is 5.11 Å². The van der Waals surface area contributed by atoms with E-state index in [1.165, 1.54) is 0 Å². The number of carbonyl (C=O) groups is 1. The van der Waals surface area contributed by atoms with Crippen molar-refractivity contribution in [2.75, 3.05) is 0 Å². The van der Waals surface area contributed by atoms with Crippen molar-refractivity contribution in [3.63, 3.8) is 0 Å². The van der Waals surface area contributed by atoms with Crippen molar-refractivity contribution in [3.05, 3.63) is 27.4 Å². The van der Waals surface area contributed by atoms with Gasteiger partial charge in [-0.25, -0.2) is 0 Å². The fourth-order valence-corrected chi connectivity index (χ4v) is 1.41. The number of azide groups is 1. The summed E-state index contributed by atoms with van der Waals surface area (Å²) in [4.78, 5) is 12.9. The molecular formula is C8H8F3N5O2. The van der Waals surface area contributed by atoms with Crippen molar-refractivity contribution >= 4 is 5.97 Å². The van der Waals surface area contributed by atoms with Crippen LogP contribution in [0.15, 0.2) is 5.11 Å². The Balaban J connectivity index is 3.30. The number of hydrogen-bond donors (Lipinski definition) is 1. The molecule has 18 heavy (non-hydrogen) atoms. The number of hydrogen-bond acceptors (Lipinski definition) is 3. The van der Waals surface area contributed by atoms with Crippen molar-refractivity contribution in [3.8, 4) is 0 Å². The first-order chi connectivity index (χ1) is 8.27. The normalized spacial score (nSPS) is 11.1. The van der Waals surface area contributed by atoms with Gasteiger partial charge in [-0.3, -0.25) is 9.48 Å². The quantitative estimate of drug-likeness (QED) is 0.511. The lowest BCUT2D eigenvalue weighted by molar-refractivity contribution is -0.143. The molecule has 0 bridgehead atoms. The molecule has 0 aliphatic heterocycles. The minimum Gasteiger partial charge on any atom is -0.480 e. The van der Waals surface area contributed by atoms with E-state index < -0.39 is 30.9 Å². The monoisotopic (exact) mass is 263 g/mol. The topological polar surface area (TPSA) is 104 Å². The zero-order valence-corrected chi connectivity index (χ0v) is 9.14. The predicted molar refractivity (Wildman–Crippen MR) is 52.5 cm³/mol. The number of carboxylic acids is 1. The van der Waals surface area contributed by atoms with Crippen molar-refractivity contribution < 1.29 is 23.1 Å². The fourth-order valence-electron chi connectivity index (χ4n) is 1.41. The van der Waals surface area contributed by atoms with Crippen LogP contribution in [-0.4, -0.2) is 20.9 Å². The molecule has 0 amide bonds. The van der Waals surface area contributed by atoms with Crippen LogP contribution < -0.4 is 0 Å². The molecule has 0 aliphatic carbocycles.